The summed E-state index contributed by atoms with van der Waals surface area (Å²) in [7, 11) is 0. The van der Waals surface area contributed by atoms with Gasteiger partial charge in [-0.2, -0.15) is 0 Å². The molecule has 0 bridgehead atoms. The minimum atomic E-state index is -0.738. The van der Waals surface area contributed by atoms with Crippen LogP contribution in [0.3, 0.4) is 0 Å². The van der Waals surface area contributed by atoms with Crippen molar-refractivity contribution in [3.8, 4) is 0 Å². The fraction of sp³-hybridized carbons (Fsp3) is 0.600. The first-order chi connectivity index (χ1) is 8.05. The Hall–Kier alpha value is -0.860. The molecule has 1 saturated heterocycles. The largest absolute Gasteiger partial charge is 0.386 e. The third kappa shape index (κ3) is 3.55. The third-order valence-electron chi connectivity index (χ3n) is 3.49. The monoisotopic (exact) mass is 233 g/mol. The Morgan fingerprint density at radius 1 is 1.18 bits per heavy atom. The minimum Gasteiger partial charge on any atom is -0.386 e. The van der Waals surface area contributed by atoms with Gasteiger partial charge in [0.05, 0.1) is 5.60 Å². The molecule has 0 aromatic heterocycles. The molecule has 2 rings (SSSR count). The van der Waals surface area contributed by atoms with Gasteiger partial charge >= 0.3 is 0 Å². The Labute approximate surface area is 104 Å². The molecule has 1 fully saturated rings. The molecule has 1 aromatic carbocycles. The molecule has 1 aromatic rings. The molecule has 0 saturated carbocycles. The molecule has 1 aliphatic heterocycles. The van der Waals surface area contributed by atoms with Gasteiger partial charge in [-0.3, -0.25) is 4.90 Å². The Kier molecular flexibility index (Phi) is 3.85. The average molecular weight is 233 g/mol. The normalized spacial score (nSPS) is 18.3. The van der Waals surface area contributed by atoms with Gasteiger partial charge in [0.15, 0.2) is 0 Å². The van der Waals surface area contributed by atoms with E-state index in [4.69, 9.17) is 0 Å². The van der Waals surface area contributed by atoms with Crippen LogP contribution in [0, 0.1) is 0 Å². The zero-order valence-electron chi connectivity index (χ0n) is 10.9. The summed E-state index contributed by atoms with van der Waals surface area (Å²) in [6, 6.07) is 8.34. The summed E-state index contributed by atoms with van der Waals surface area (Å²) < 4.78 is 0. The van der Waals surface area contributed by atoms with Gasteiger partial charge in [0.1, 0.15) is 0 Å². The van der Waals surface area contributed by atoms with Gasteiger partial charge < -0.3 is 5.11 Å². The van der Waals surface area contributed by atoms with E-state index >= 15 is 0 Å². The van der Waals surface area contributed by atoms with E-state index in [1.54, 1.807) is 0 Å². The first-order valence-electron chi connectivity index (χ1n) is 6.60. The molecular weight excluding hydrogens is 210 g/mol. The lowest BCUT2D eigenvalue weighted by molar-refractivity contribution is 0.0784. The molecule has 1 heterocycles. The van der Waals surface area contributed by atoms with E-state index in [9.17, 15) is 5.11 Å². The van der Waals surface area contributed by atoms with Crippen LogP contribution in [0.1, 0.15) is 44.2 Å². The highest BCUT2D eigenvalue weighted by molar-refractivity contribution is 5.27. The smallest absolute Gasteiger partial charge is 0.0840 e. The number of aliphatic hydroxyl groups is 1. The van der Waals surface area contributed by atoms with Crippen molar-refractivity contribution in [1.82, 2.24) is 4.90 Å². The molecule has 0 spiro atoms. The van der Waals surface area contributed by atoms with Gasteiger partial charge in [0.2, 0.25) is 0 Å². The SMILES string of the molecule is CC(C)(O)c1cccc(CN2CCCCC2)c1. The van der Waals surface area contributed by atoms with E-state index in [-0.39, 0.29) is 0 Å². The van der Waals surface area contributed by atoms with Gasteiger partial charge in [-0.25, -0.2) is 0 Å². The van der Waals surface area contributed by atoms with Crippen molar-refractivity contribution in [3.63, 3.8) is 0 Å². The predicted octanol–water partition coefficient (Wildman–Crippen LogP) is 2.90. The molecule has 94 valence electrons. The number of hydrogen-bond acceptors (Lipinski definition) is 2. The second-order valence-corrected chi connectivity index (χ2v) is 5.60. The first-order valence-corrected chi connectivity index (χ1v) is 6.60. The molecule has 0 unspecified atom stereocenters. The molecule has 0 radical (unpaired) electrons. The number of nitrogens with zero attached hydrogens (tertiary/aromatic N) is 1. The van der Waals surface area contributed by atoms with Crippen LogP contribution in [0.15, 0.2) is 24.3 Å². The molecular formula is C15H23NO. The molecule has 1 N–H and O–H groups in total. The van der Waals surface area contributed by atoms with Crippen LogP contribution in [0.5, 0.6) is 0 Å². The Bertz CT molecular complexity index is 361. The Morgan fingerprint density at radius 3 is 2.53 bits per heavy atom. The minimum absolute atomic E-state index is 0.738. The maximum atomic E-state index is 10.0. The lowest BCUT2D eigenvalue weighted by Crippen LogP contribution is -2.29. The van der Waals surface area contributed by atoms with Gasteiger partial charge in [-0.05, 0) is 50.9 Å². The van der Waals surface area contributed by atoms with Crippen LogP contribution in [0.2, 0.25) is 0 Å². The topological polar surface area (TPSA) is 23.5 Å². The van der Waals surface area contributed by atoms with Gasteiger partial charge in [0.25, 0.3) is 0 Å². The summed E-state index contributed by atoms with van der Waals surface area (Å²) in [5.41, 5.74) is 1.58. The summed E-state index contributed by atoms with van der Waals surface area (Å²) in [4.78, 5) is 2.51. The van der Waals surface area contributed by atoms with Crippen molar-refractivity contribution in [2.24, 2.45) is 0 Å². The lowest BCUT2D eigenvalue weighted by atomic mass is 9.96. The van der Waals surface area contributed by atoms with Crippen LogP contribution >= 0.6 is 0 Å². The Balaban J connectivity index is 2.05. The fourth-order valence-electron chi connectivity index (χ4n) is 2.43. The van der Waals surface area contributed by atoms with E-state index in [1.807, 2.05) is 26.0 Å². The number of rotatable bonds is 3. The quantitative estimate of drug-likeness (QED) is 0.867. The van der Waals surface area contributed by atoms with E-state index in [0.29, 0.717) is 0 Å². The molecule has 0 amide bonds. The lowest BCUT2D eigenvalue weighted by Gasteiger charge is -2.27. The van der Waals surface area contributed by atoms with E-state index in [1.165, 1.54) is 37.9 Å². The predicted molar refractivity (Wildman–Crippen MR) is 70.8 cm³/mol. The van der Waals surface area contributed by atoms with E-state index in [2.05, 4.69) is 17.0 Å². The highest BCUT2D eigenvalue weighted by atomic mass is 16.3. The Morgan fingerprint density at radius 2 is 1.88 bits per heavy atom. The summed E-state index contributed by atoms with van der Waals surface area (Å²) in [5.74, 6) is 0. The number of benzene rings is 1. The number of piperidine rings is 1. The maximum absolute atomic E-state index is 10.0. The van der Waals surface area contributed by atoms with Crippen molar-refractivity contribution < 1.29 is 5.11 Å². The summed E-state index contributed by atoms with van der Waals surface area (Å²) in [5, 5.41) is 10.0. The van der Waals surface area contributed by atoms with Crippen molar-refractivity contribution in [2.75, 3.05) is 13.1 Å². The molecule has 17 heavy (non-hydrogen) atoms. The van der Waals surface area contributed by atoms with Crippen molar-refractivity contribution in [1.29, 1.82) is 0 Å². The van der Waals surface area contributed by atoms with Crippen LogP contribution in [-0.2, 0) is 12.1 Å². The maximum Gasteiger partial charge on any atom is 0.0840 e. The molecule has 1 aliphatic rings. The zero-order valence-corrected chi connectivity index (χ0v) is 10.9. The highest BCUT2D eigenvalue weighted by Gasteiger charge is 2.16. The summed E-state index contributed by atoms with van der Waals surface area (Å²) in [6.07, 6.45) is 4.02. The van der Waals surface area contributed by atoms with Crippen molar-refractivity contribution >= 4 is 0 Å². The van der Waals surface area contributed by atoms with E-state index < -0.39 is 5.60 Å². The van der Waals surface area contributed by atoms with Crippen LogP contribution in [0.4, 0.5) is 0 Å². The van der Waals surface area contributed by atoms with Crippen molar-refractivity contribution in [2.45, 2.75) is 45.3 Å². The highest BCUT2D eigenvalue weighted by Crippen LogP contribution is 2.21. The van der Waals surface area contributed by atoms with Gasteiger partial charge in [-0.15, -0.1) is 0 Å². The third-order valence-corrected chi connectivity index (χ3v) is 3.49. The number of likely N-dealkylation sites (tertiary alicyclic amines) is 1. The first kappa shape index (κ1) is 12.6. The van der Waals surface area contributed by atoms with E-state index in [0.717, 1.165) is 12.1 Å². The van der Waals surface area contributed by atoms with Crippen LogP contribution in [-0.4, -0.2) is 23.1 Å². The molecule has 0 atom stereocenters. The second kappa shape index (κ2) is 5.19. The molecule has 2 nitrogen and oxygen atoms in total. The summed E-state index contributed by atoms with van der Waals surface area (Å²) >= 11 is 0. The van der Waals surface area contributed by atoms with Crippen LogP contribution < -0.4 is 0 Å². The van der Waals surface area contributed by atoms with Gasteiger partial charge in [-0.1, -0.05) is 30.7 Å². The van der Waals surface area contributed by atoms with Gasteiger partial charge in [0, 0.05) is 6.54 Å². The zero-order chi connectivity index (χ0) is 12.3. The second-order valence-electron chi connectivity index (χ2n) is 5.60. The molecule has 0 aliphatic carbocycles. The van der Waals surface area contributed by atoms with Crippen LogP contribution in [0.25, 0.3) is 0 Å². The summed E-state index contributed by atoms with van der Waals surface area (Å²) in [6.45, 7) is 7.13. The van der Waals surface area contributed by atoms with Crippen molar-refractivity contribution in [3.05, 3.63) is 35.4 Å². The fourth-order valence-corrected chi connectivity index (χ4v) is 2.43. The number of hydrogen-bond donors (Lipinski definition) is 1. The molecule has 2 heteroatoms. The standard InChI is InChI=1S/C15H23NO/c1-15(2,17)14-8-6-7-13(11-14)12-16-9-4-3-5-10-16/h6-8,11,17H,3-5,9-10,12H2,1-2H3. The average Bonchev–Trinajstić information content (AvgIpc) is 2.29.